The molecule has 3 aromatic rings. The fourth-order valence-corrected chi connectivity index (χ4v) is 2.89. The summed E-state index contributed by atoms with van der Waals surface area (Å²) in [6.07, 6.45) is 1.97. The van der Waals surface area contributed by atoms with Crippen molar-refractivity contribution >= 4 is 33.8 Å². The SMILES string of the molecule is Cc1csc(=O)n1CCC(=O)Nc1ccc2[nH]ncc2c1. The topological polar surface area (TPSA) is 79.8 Å². The zero-order valence-corrected chi connectivity index (χ0v) is 12.2. The van der Waals surface area contributed by atoms with Crippen LogP contribution in [0, 0.1) is 6.92 Å². The summed E-state index contributed by atoms with van der Waals surface area (Å²) in [5, 5.41) is 12.4. The number of fused-ring (bicyclic) bond motifs is 1. The Morgan fingerprint density at radius 1 is 1.48 bits per heavy atom. The molecule has 0 saturated carbocycles. The average Bonchev–Trinajstić information content (AvgIpc) is 3.04. The number of benzene rings is 1. The van der Waals surface area contributed by atoms with Crippen LogP contribution in [-0.4, -0.2) is 20.7 Å². The molecule has 0 radical (unpaired) electrons. The monoisotopic (exact) mass is 302 g/mol. The lowest BCUT2D eigenvalue weighted by atomic mass is 10.2. The Morgan fingerprint density at radius 2 is 2.33 bits per heavy atom. The molecule has 7 heteroatoms. The molecule has 6 nitrogen and oxygen atoms in total. The van der Waals surface area contributed by atoms with Crippen molar-refractivity contribution in [3.63, 3.8) is 0 Å². The highest BCUT2D eigenvalue weighted by Crippen LogP contribution is 2.16. The van der Waals surface area contributed by atoms with E-state index in [-0.39, 0.29) is 17.2 Å². The van der Waals surface area contributed by atoms with E-state index in [1.807, 2.05) is 25.1 Å². The number of hydrogen-bond acceptors (Lipinski definition) is 4. The molecular weight excluding hydrogens is 288 g/mol. The molecule has 0 aliphatic carbocycles. The zero-order chi connectivity index (χ0) is 14.8. The second-order valence-electron chi connectivity index (χ2n) is 4.76. The van der Waals surface area contributed by atoms with Crippen molar-refractivity contribution in [1.29, 1.82) is 0 Å². The predicted octanol–water partition coefficient (Wildman–Crippen LogP) is 2.12. The van der Waals surface area contributed by atoms with Crippen LogP contribution in [-0.2, 0) is 11.3 Å². The van der Waals surface area contributed by atoms with Crippen molar-refractivity contribution in [3.8, 4) is 0 Å². The summed E-state index contributed by atoms with van der Waals surface area (Å²) >= 11 is 1.15. The summed E-state index contributed by atoms with van der Waals surface area (Å²) in [6.45, 7) is 2.26. The van der Waals surface area contributed by atoms with Gasteiger partial charge in [-0.15, -0.1) is 0 Å². The number of aromatic amines is 1. The third-order valence-corrected chi connectivity index (χ3v) is 4.14. The number of aryl methyl sites for hydroxylation is 1. The molecule has 0 spiro atoms. The molecule has 21 heavy (non-hydrogen) atoms. The van der Waals surface area contributed by atoms with Gasteiger partial charge in [0.25, 0.3) is 0 Å². The van der Waals surface area contributed by atoms with Gasteiger partial charge >= 0.3 is 4.87 Å². The largest absolute Gasteiger partial charge is 0.326 e. The van der Waals surface area contributed by atoms with Crippen LogP contribution in [0.25, 0.3) is 10.9 Å². The number of nitrogens with zero attached hydrogens (tertiary/aromatic N) is 2. The highest BCUT2D eigenvalue weighted by atomic mass is 32.1. The number of H-pyrrole nitrogens is 1. The molecule has 3 rings (SSSR count). The van der Waals surface area contributed by atoms with Crippen molar-refractivity contribution in [1.82, 2.24) is 14.8 Å². The van der Waals surface area contributed by atoms with Gasteiger partial charge in [0, 0.05) is 35.1 Å². The first kappa shape index (κ1) is 13.6. The van der Waals surface area contributed by atoms with Crippen molar-refractivity contribution in [3.05, 3.63) is 45.1 Å². The lowest BCUT2D eigenvalue weighted by molar-refractivity contribution is -0.116. The number of thiazole rings is 1. The molecule has 0 aliphatic rings. The van der Waals surface area contributed by atoms with Gasteiger partial charge in [-0.1, -0.05) is 11.3 Å². The first-order chi connectivity index (χ1) is 10.1. The summed E-state index contributed by atoms with van der Waals surface area (Å²) in [7, 11) is 0. The quantitative estimate of drug-likeness (QED) is 0.774. The van der Waals surface area contributed by atoms with Crippen LogP contribution < -0.4 is 10.2 Å². The molecule has 0 atom stereocenters. The van der Waals surface area contributed by atoms with Crippen LogP contribution in [0.2, 0.25) is 0 Å². The molecule has 1 aromatic carbocycles. The first-order valence-corrected chi connectivity index (χ1v) is 7.39. The number of carbonyl (C=O) groups is 1. The minimum absolute atomic E-state index is 0.0277. The Labute approximate surface area is 124 Å². The third kappa shape index (κ3) is 2.87. The summed E-state index contributed by atoms with van der Waals surface area (Å²) in [4.78, 5) is 23.5. The smallest absolute Gasteiger partial charge is 0.307 e. The summed E-state index contributed by atoms with van der Waals surface area (Å²) in [5.74, 6) is -0.115. The van der Waals surface area contributed by atoms with Gasteiger partial charge in [-0.05, 0) is 25.1 Å². The molecule has 108 valence electrons. The number of nitrogens with one attached hydrogen (secondary N) is 2. The second-order valence-corrected chi connectivity index (χ2v) is 5.59. The Bertz CT molecular complexity index is 846. The van der Waals surface area contributed by atoms with E-state index >= 15 is 0 Å². The number of anilines is 1. The number of hydrogen-bond donors (Lipinski definition) is 2. The van der Waals surface area contributed by atoms with Crippen LogP contribution in [0.5, 0.6) is 0 Å². The van der Waals surface area contributed by atoms with Crippen molar-refractivity contribution in [2.75, 3.05) is 5.32 Å². The Balaban J connectivity index is 1.65. The van der Waals surface area contributed by atoms with E-state index in [0.29, 0.717) is 6.54 Å². The number of rotatable bonds is 4. The van der Waals surface area contributed by atoms with E-state index in [0.717, 1.165) is 33.6 Å². The van der Waals surface area contributed by atoms with E-state index in [4.69, 9.17) is 0 Å². The molecule has 1 amide bonds. The van der Waals surface area contributed by atoms with Gasteiger partial charge in [-0.2, -0.15) is 5.10 Å². The van der Waals surface area contributed by atoms with Crippen molar-refractivity contribution in [2.45, 2.75) is 19.9 Å². The maximum atomic E-state index is 12.0. The lowest BCUT2D eigenvalue weighted by Gasteiger charge is -2.06. The fraction of sp³-hybridized carbons (Fsp3) is 0.214. The zero-order valence-electron chi connectivity index (χ0n) is 11.4. The highest BCUT2D eigenvalue weighted by Gasteiger charge is 2.07. The average molecular weight is 302 g/mol. The summed E-state index contributed by atoms with van der Waals surface area (Å²) in [5.41, 5.74) is 2.54. The molecular formula is C14H14N4O2S. The van der Waals surface area contributed by atoms with Crippen molar-refractivity contribution < 1.29 is 4.79 Å². The van der Waals surface area contributed by atoms with Gasteiger partial charge < -0.3 is 9.88 Å². The summed E-state index contributed by atoms with van der Waals surface area (Å²) in [6, 6.07) is 5.55. The van der Waals surface area contributed by atoms with Crippen LogP contribution in [0.3, 0.4) is 0 Å². The normalized spacial score (nSPS) is 10.9. The Morgan fingerprint density at radius 3 is 3.10 bits per heavy atom. The van der Waals surface area contributed by atoms with E-state index < -0.39 is 0 Å². The highest BCUT2D eigenvalue weighted by molar-refractivity contribution is 7.07. The maximum Gasteiger partial charge on any atom is 0.307 e. The minimum Gasteiger partial charge on any atom is -0.326 e. The molecule has 0 saturated heterocycles. The van der Waals surface area contributed by atoms with Crippen LogP contribution in [0.1, 0.15) is 12.1 Å². The van der Waals surface area contributed by atoms with E-state index in [2.05, 4.69) is 15.5 Å². The van der Waals surface area contributed by atoms with Gasteiger partial charge in [0.15, 0.2) is 0 Å². The van der Waals surface area contributed by atoms with E-state index in [9.17, 15) is 9.59 Å². The standard InChI is InChI=1S/C14H14N4O2S/c1-9-8-21-14(20)18(9)5-4-13(19)16-11-2-3-12-10(6-11)7-15-17-12/h2-3,6-8H,4-5H2,1H3,(H,15,17)(H,16,19). The minimum atomic E-state index is -0.115. The Hall–Kier alpha value is -2.41. The van der Waals surface area contributed by atoms with Gasteiger partial charge in [0.05, 0.1) is 11.7 Å². The van der Waals surface area contributed by atoms with E-state index in [1.165, 1.54) is 0 Å². The summed E-state index contributed by atoms with van der Waals surface area (Å²) < 4.78 is 1.61. The molecule has 2 heterocycles. The molecule has 0 unspecified atom stereocenters. The van der Waals surface area contributed by atoms with Gasteiger partial charge in [0.1, 0.15) is 0 Å². The third-order valence-electron chi connectivity index (χ3n) is 3.26. The van der Waals surface area contributed by atoms with E-state index in [1.54, 1.807) is 16.1 Å². The predicted molar refractivity (Wildman–Crippen MR) is 82.7 cm³/mol. The van der Waals surface area contributed by atoms with Crippen LogP contribution >= 0.6 is 11.3 Å². The number of carbonyl (C=O) groups excluding carboxylic acids is 1. The number of amides is 1. The van der Waals surface area contributed by atoms with Gasteiger partial charge in [-0.25, -0.2) is 0 Å². The van der Waals surface area contributed by atoms with Crippen LogP contribution in [0.15, 0.2) is 34.6 Å². The maximum absolute atomic E-state index is 12.0. The molecule has 0 bridgehead atoms. The fourth-order valence-electron chi connectivity index (χ4n) is 2.13. The molecule has 2 aromatic heterocycles. The van der Waals surface area contributed by atoms with Crippen LogP contribution in [0.4, 0.5) is 5.69 Å². The number of aromatic nitrogens is 3. The van der Waals surface area contributed by atoms with Crippen molar-refractivity contribution in [2.24, 2.45) is 0 Å². The Kier molecular flexibility index (Phi) is 3.57. The molecule has 2 N–H and O–H groups in total. The molecule has 0 fully saturated rings. The first-order valence-electron chi connectivity index (χ1n) is 6.51. The van der Waals surface area contributed by atoms with Gasteiger partial charge in [0.2, 0.25) is 5.91 Å². The second kappa shape index (κ2) is 5.53. The van der Waals surface area contributed by atoms with Gasteiger partial charge in [-0.3, -0.25) is 14.7 Å². The molecule has 0 aliphatic heterocycles. The lowest BCUT2D eigenvalue weighted by Crippen LogP contribution is -2.20.